The Morgan fingerprint density at radius 3 is 2.60 bits per heavy atom. The summed E-state index contributed by atoms with van der Waals surface area (Å²) < 4.78 is 5.61. The highest BCUT2D eigenvalue weighted by molar-refractivity contribution is 5.76. The number of hydrogen-bond acceptors (Lipinski definition) is 5. The van der Waals surface area contributed by atoms with Crippen LogP contribution >= 0.6 is 0 Å². The summed E-state index contributed by atoms with van der Waals surface area (Å²) in [5, 5.41) is 9.20. The molecule has 2 aliphatic heterocycles. The van der Waals surface area contributed by atoms with Crippen molar-refractivity contribution in [1.82, 2.24) is 14.7 Å². The number of aliphatic hydroxyl groups excluding tert-OH is 1. The van der Waals surface area contributed by atoms with Gasteiger partial charge in [0.1, 0.15) is 0 Å². The van der Waals surface area contributed by atoms with E-state index in [1.165, 1.54) is 0 Å². The highest BCUT2D eigenvalue weighted by Gasteiger charge is 2.26. The Hall–Kier alpha value is -0.690. The van der Waals surface area contributed by atoms with Crippen molar-refractivity contribution in [2.24, 2.45) is 0 Å². The number of likely N-dealkylation sites (N-methyl/N-ethyl adjacent to an activating group) is 1. The third-order valence-corrected chi connectivity index (χ3v) is 4.10. The molecule has 2 atom stereocenters. The summed E-state index contributed by atoms with van der Waals surface area (Å²) in [5.74, 6) is 0.248. The molecule has 0 aromatic carbocycles. The van der Waals surface area contributed by atoms with Crippen LogP contribution in [0.2, 0.25) is 0 Å². The van der Waals surface area contributed by atoms with Crippen LogP contribution in [-0.4, -0.2) is 97.4 Å². The summed E-state index contributed by atoms with van der Waals surface area (Å²) in [6.07, 6.45) is 0.575. The molecule has 0 bridgehead atoms. The third-order valence-electron chi connectivity index (χ3n) is 4.10. The molecule has 1 amide bonds. The van der Waals surface area contributed by atoms with E-state index in [2.05, 4.69) is 16.8 Å². The van der Waals surface area contributed by atoms with Crippen molar-refractivity contribution in [3.63, 3.8) is 0 Å². The standard InChI is InChI=1S/C14H27N3O3/c1-12-9-16(10-13(11-18)20-12)4-3-14(19)17-7-5-15(2)6-8-17/h12-13,18H,3-11H2,1-2H3. The van der Waals surface area contributed by atoms with Gasteiger partial charge in [-0.1, -0.05) is 0 Å². The second-order valence-corrected chi connectivity index (χ2v) is 5.94. The molecule has 2 saturated heterocycles. The number of ether oxygens (including phenoxy) is 1. The van der Waals surface area contributed by atoms with E-state index < -0.39 is 0 Å². The Kier molecular flexibility index (Phi) is 5.77. The first-order chi connectivity index (χ1) is 9.58. The average molecular weight is 285 g/mol. The van der Waals surface area contributed by atoms with Crippen molar-refractivity contribution < 1.29 is 14.6 Å². The number of morpholine rings is 1. The molecular formula is C14H27N3O3. The molecule has 116 valence electrons. The number of carbonyl (C=O) groups excluding carboxylic acids is 1. The van der Waals surface area contributed by atoms with Gasteiger partial charge in [-0.3, -0.25) is 9.69 Å². The van der Waals surface area contributed by atoms with E-state index in [0.29, 0.717) is 6.42 Å². The fourth-order valence-electron chi connectivity index (χ4n) is 2.89. The SMILES string of the molecule is CC1CN(CCC(=O)N2CCN(C)CC2)CC(CO)O1. The van der Waals surface area contributed by atoms with Gasteiger partial charge in [0.2, 0.25) is 5.91 Å². The lowest BCUT2D eigenvalue weighted by Gasteiger charge is -2.37. The minimum Gasteiger partial charge on any atom is -0.394 e. The molecule has 0 aliphatic carbocycles. The molecular weight excluding hydrogens is 258 g/mol. The second-order valence-electron chi connectivity index (χ2n) is 5.94. The normalized spacial score (nSPS) is 29.6. The largest absolute Gasteiger partial charge is 0.394 e. The zero-order valence-corrected chi connectivity index (χ0v) is 12.6. The van der Waals surface area contributed by atoms with Crippen molar-refractivity contribution in [1.29, 1.82) is 0 Å². The lowest BCUT2D eigenvalue weighted by atomic mass is 10.2. The van der Waals surface area contributed by atoms with Crippen LogP contribution in [0.25, 0.3) is 0 Å². The molecule has 6 heteroatoms. The van der Waals surface area contributed by atoms with Crippen LogP contribution < -0.4 is 0 Å². The van der Waals surface area contributed by atoms with Crippen LogP contribution in [0, 0.1) is 0 Å². The van der Waals surface area contributed by atoms with Gasteiger partial charge in [-0.25, -0.2) is 0 Å². The van der Waals surface area contributed by atoms with Crippen molar-refractivity contribution in [2.75, 3.05) is 59.5 Å². The Labute approximate surface area is 121 Å². The first-order valence-corrected chi connectivity index (χ1v) is 7.53. The van der Waals surface area contributed by atoms with E-state index in [4.69, 9.17) is 4.74 Å². The number of carbonyl (C=O) groups is 1. The van der Waals surface area contributed by atoms with E-state index in [9.17, 15) is 9.90 Å². The van der Waals surface area contributed by atoms with Crippen molar-refractivity contribution in [2.45, 2.75) is 25.6 Å². The molecule has 2 aliphatic rings. The lowest BCUT2D eigenvalue weighted by Crippen LogP contribution is -2.50. The van der Waals surface area contributed by atoms with Gasteiger partial charge in [-0.2, -0.15) is 0 Å². The van der Waals surface area contributed by atoms with Gasteiger partial charge in [-0.05, 0) is 14.0 Å². The minimum absolute atomic E-state index is 0.0489. The Balaban J connectivity index is 1.72. The van der Waals surface area contributed by atoms with Gasteiger partial charge in [-0.15, -0.1) is 0 Å². The summed E-state index contributed by atoms with van der Waals surface area (Å²) >= 11 is 0. The maximum absolute atomic E-state index is 12.2. The number of aliphatic hydroxyl groups is 1. The average Bonchev–Trinajstić information content (AvgIpc) is 2.45. The highest BCUT2D eigenvalue weighted by atomic mass is 16.5. The minimum atomic E-state index is -0.113. The van der Waals surface area contributed by atoms with Gasteiger partial charge in [0.15, 0.2) is 0 Å². The Morgan fingerprint density at radius 1 is 1.25 bits per heavy atom. The first kappa shape index (κ1) is 15.7. The monoisotopic (exact) mass is 285 g/mol. The fourth-order valence-corrected chi connectivity index (χ4v) is 2.89. The summed E-state index contributed by atoms with van der Waals surface area (Å²) in [4.78, 5) is 18.6. The molecule has 2 fully saturated rings. The third kappa shape index (κ3) is 4.41. The maximum atomic E-state index is 12.2. The number of hydrogen-bond donors (Lipinski definition) is 1. The topological polar surface area (TPSA) is 56.3 Å². The van der Waals surface area contributed by atoms with E-state index in [1.54, 1.807) is 0 Å². The van der Waals surface area contributed by atoms with Gasteiger partial charge < -0.3 is 19.6 Å². The number of amides is 1. The van der Waals surface area contributed by atoms with E-state index in [0.717, 1.165) is 45.8 Å². The zero-order valence-electron chi connectivity index (χ0n) is 12.6. The van der Waals surface area contributed by atoms with E-state index in [1.807, 2.05) is 11.8 Å². The molecule has 0 radical (unpaired) electrons. The van der Waals surface area contributed by atoms with Crippen LogP contribution in [0.3, 0.4) is 0 Å². The molecule has 0 saturated carbocycles. The maximum Gasteiger partial charge on any atom is 0.223 e. The van der Waals surface area contributed by atoms with Gasteiger partial charge in [0.25, 0.3) is 0 Å². The first-order valence-electron chi connectivity index (χ1n) is 7.53. The lowest BCUT2D eigenvalue weighted by molar-refractivity contribution is -0.134. The van der Waals surface area contributed by atoms with Crippen LogP contribution in [0.4, 0.5) is 0 Å². The summed E-state index contributed by atoms with van der Waals surface area (Å²) in [7, 11) is 2.09. The van der Waals surface area contributed by atoms with E-state index in [-0.39, 0.29) is 24.7 Å². The van der Waals surface area contributed by atoms with E-state index >= 15 is 0 Å². The number of rotatable bonds is 4. The van der Waals surface area contributed by atoms with Crippen LogP contribution in [-0.2, 0) is 9.53 Å². The highest BCUT2D eigenvalue weighted by Crippen LogP contribution is 2.12. The molecule has 0 aromatic rings. The molecule has 20 heavy (non-hydrogen) atoms. The second kappa shape index (κ2) is 7.36. The van der Waals surface area contributed by atoms with Gasteiger partial charge in [0.05, 0.1) is 18.8 Å². The van der Waals surface area contributed by atoms with Crippen molar-refractivity contribution in [3.05, 3.63) is 0 Å². The molecule has 2 heterocycles. The predicted molar refractivity (Wildman–Crippen MR) is 76.6 cm³/mol. The smallest absolute Gasteiger partial charge is 0.223 e. The Bertz CT molecular complexity index is 319. The van der Waals surface area contributed by atoms with Gasteiger partial charge >= 0.3 is 0 Å². The Morgan fingerprint density at radius 2 is 1.95 bits per heavy atom. The van der Waals surface area contributed by atoms with Crippen LogP contribution in [0.15, 0.2) is 0 Å². The van der Waals surface area contributed by atoms with Crippen LogP contribution in [0.1, 0.15) is 13.3 Å². The summed E-state index contributed by atoms with van der Waals surface area (Å²) in [6.45, 7) is 7.99. The molecule has 0 spiro atoms. The molecule has 6 nitrogen and oxygen atoms in total. The number of piperazine rings is 1. The summed E-state index contributed by atoms with van der Waals surface area (Å²) in [6, 6.07) is 0. The van der Waals surface area contributed by atoms with Crippen LogP contribution in [0.5, 0.6) is 0 Å². The molecule has 0 aromatic heterocycles. The molecule has 2 rings (SSSR count). The van der Waals surface area contributed by atoms with Crippen molar-refractivity contribution in [3.8, 4) is 0 Å². The van der Waals surface area contributed by atoms with Gasteiger partial charge in [0, 0.05) is 52.2 Å². The zero-order chi connectivity index (χ0) is 14.5. The fraction of sp³-hybridized carbons (Fsp3) is 0.929. The quantitative estimate of drug-likeness (QED) is 0.735. The predicted octanol–water partition coefficient (Wildman–Crippen LogP) is -0.768. The summed E-state index contributed by atoms with van der Waals surface area (Å²) in [5.41, 5.74) is 0. The molecule has 2 unspecified atom stereocenters. The molecule has 1 N–H and O–H groups in total. The number of nitrogens with zero attached hydrogens (tertiary/aromatic N) is 3. The van der Waals surface area contributed by atoms with Crippen molar-refractivity contribution >= 4 is 5.91 Å².